The molecule has 2 heterocycles. The zero-order valence-electron chi connectivity index (χ0n) is 9.44. The first kappa shape index (κ1) is 11.7. The van der Waals surface area contributed by atoms with E-state index in [0.29, 0.717) is 16.8 Å². The summed E-state index contributed by atoms with van der Waals surface area (Å²) in [6.45, 7) is 0.866. The highest BCUT2D eigenvalue weighted by Crippen LogP contribution is 2.22. The molecule has 0 saturated heterocycles. The highest BCUT2D eigenvalue weighted by Gasteiger charge is 2.10. The molecule has 0 atom stereocenters. The molecule has 92 valence electrons. The molecule has 0 spiro atoms. The summed E-state index contributed by atoms with van der Waals surface area (Å²) in [5.74, 6) is 1.49. The van der Waals surface area contributed by atoms with E-state index in [-0.39, 0.29) is 5.56 Å². The lowest BCUT2D eigenvalue weighted by Crippen LogP contribution is -2.23. The molecule has 0 bridgehead atoms. The Morgan fingerprint density at radius 2 is 2.28 bits per heavy atom. The average Bonchev–Trinajstić information content (AvgIpc) is 2.91. The van der Waals surface area contributed by atoms with Crippen molar-refractivity contribution in [2.75, 3.05) is 12.3 Å². The van der Waals surface area contributed by atoms with Gasteiger partial charge in [-0.05, 0) is 12.1 Å². The number of aromatic nitrogens is 3. The monoisotopic (exact) mass is 278 g/mol. The Bertz CT molecular complexity index is 667. The Labute approximate surface area is 112 Å². The smallest absolute Gasteiger partial charge is 0.271 e. The molecule has 1 aliphatic rings. The highest BCUT2D eigenvalue weighted by atomic mass is 32.2. The Morgan fingerprint density at radius 1 is 1.39 bits per heavy atom. The van der Waals surface area contributed by atoms with Crippen molar-refractivity contribution in [1.29, 1.82) is 0 Å². The minimum absolute atomic E-state index is 0.100. The maximum absolute atomic E-state index is 12.1. The van der Waals surface area contributed by atoms with Gasteiger partial charge in [-0.3, -0.25) is 9.79 Å². The van der Waals surface area contributed by atoms with Crippen LogP contribution in [0.3, 0.4) is 0 Å². The summed E-state index contributed by atoms with van der Waals surface area (Å²) in [5, 5.41) is 8.58. The second-order valence-corrected chi connectivity index (χ2v) is 5.96. The van der Waals surface area contributed by atoms with Crippen molar-refractivity contribution in [3.63, 3.8) is 0 Å². The first-order chi connectivity index (χ1) is 8.84. The maximum Gasteiger partial charge on any atom is 0.278 e. The van der Waals surface area contributed by atoms with Gasteiger partial charge in [-0.2, -0.15) is 4.68 Å². The lowest BCUT2D eigenvalue weighted by molar-refractivity contribution is 0.646. The maximum atomic E-state index is 12.1. The van der Waals surface area contributed by atoms with E-state index in [0.717, 1.165) is 16.7 Å². The van der Waals surface area contributed by atoms with Crippen LogP contribution in [0.1, 0.15) is 0 Å². The van der Waals surface area contributed by atoms with Crippen molar-refractivity contribution in [3.8, 4) is 0 Å². The quantitative estimate of drug-likeness (QED) is 0.835. The van der Waals surface area contributed by atoms with Crippen molar-refractivity contribution in [2.45, 2.75) is 5.88 Å². The van der Waals surface area contributed by atoms with Crippen LogP contribution in [0.15, 0.2) is 34.1 Å². The molecule has 18 heavy (non-hydrogen) atoms. The van der Waals surface area contributed by atoms with Crippen molar-refractivity contribution in [3.05, 3.63) is 34.6 Å². The van der Waals surface area contributed by atoms with Gasteiger partial charge in [0.15, 0.2) is 0 Å². The first-order valence-electron chi connectivity index (χ1n) is 5.47. The van der Waals surface area contributed by atoms with Crippen LogP contribution < -0.4 is 5.56 Å². The summed E-state index contributed by atoms with van der Waals surface area (Å²) in [6, 6.07) is 7.24. The van der Waals surface area contributed by atoms with Gasteiger partial charge in [-0.25, -0.2) is 0 Å². The normalized spacial score (nSPS) is 15.0. The topological polar surface area (TPSA) is 60.1 Å². The minimum Gasteiger partial charge on any atom is -0.271 e. The zero-order chi connectivity index (χ0) is 12.4. The summed E-state index contributed by atoms with van der Waals surface area (Å²) in [6.07, 6.45) is 0. The van der Waals surface area contributed by atoms with Crippen molar-refractivity contribution in [2.24, 2.45) is 4.99 Å². The Morgan fingerprint density at radius 3 is 3.11 bits per heavy atom. The largest absolute Gasteiger partial charge is 0.278 e. The van der Waals surface area contributed by atoms with E-state index in [2.05, 4.69) is 15.3 Å². The van der Waals surface area contributed by atoms with E-state index >= 15 is 0 Å². The fourth-order valence-corrected chi connectivity index (χ4v) is 3.49. The number of hydrogen-bond acceptors (Lipinski definition) is 6. The van der Waals surface area contributed by atoms with Crippen molar-refractivity contribution < 1.29 is 0 Å². The van der Waals surface area contributed by atoms with Gasteiger partial charge in [-0.1, -0.05) is 40.9 Å². The predicted octanol–water partition coefficient (Wildman–Crippen LogP) is 1.58. The average molecular weight is 278 g/mol. The zero-order valence-corrected chi connectivity index (χ0v) is 11.1. The first-order valence-corrected chi connectivity index (χ1v) is 7.44. The van der Waals surface area contributed by atoms with Crippen LogP contribution in [-0.4, -0.2) is 31.7 Å². The number of aliphatic imine (C=N–C) groups is 1. The van der Waals surface area contributed by atoms with Gasteiger partial charge in [-0.15, -0.1) is 5.10 Å². The van der Waals surface area contributed by atoms with Crippen molar-refractivity contribution >= 4 is 38.8 Å². The molecule has 7 heteroatoms. The molecular weight excluding hydrogens is 268 g/mol. The van der Waals surface area contributed by atoms with E-state index in [1.54, 1.807) is 23.9 Å². The van der Waals surface area contributed by atoms with E-state index in [9.17, 15) is 4.79 Å². The molecule has 2 aromatic rings. The number of rotatable bonds is 2. The summed E-state index contributed by atoms with van der Waals surface area (Å²) >= 11 is 3.25. The molecule has 1 aromatic carbocycles. The number of benzene rings is 1. The molecule has 3 rings (SSSR count). The Hall–Kier alpha value is -1.34. The molecule has 0 unspecified atom stereocenters. The molecule has 0 radical (unpaired) electrons. The summed E-state index contributed by atoms with van der Waals surface area (Å²) in [4.78, 5) is 16.5. The second kappa shape index (κ2) is 5.11. The minimum atomic E-state index is -0.100. The molecule has 0 amide bonds. The molecule has 0 saturated carbocycles. The van der Waals surface area contributed by atoms with Crippen LogP contribution >= 0.6 is 23.5 Å². The van der Waals surface area contributed by atoms with E-state index in [1.807, 2.05) is 12.1 Å². The van der Waals surface area contributed by atoms with Crippen molar-refractivity contribution in [1.82, 2.24) is 15.0 Å². The van der Waals surface area contributed by atoms with Crippen LogP contribution in [0.5, 0.6) is 0 Å². The molecular formula is C11H10N4OS2. The molecule has 0 aliphatic carbocycles. The summed E-state index contributed by atoms with van der Waals surface area (Å²) < 4.78 is 2.41. The Kier molecular flexibility index (Phi) is 3.33. The fraction of sp³-hybridized carbons (Fsp3) is 0.273. The van der Waals surface area contributed by atoms with Gasteiger partial charge in [0.1, 0.15) is 9.89 Å². The fourth-order valence-electron chi connectivity index (χ4n) is 1.63. The SMILES string of the molecule is O=c1c2ccccc2nnn1CSC1=NCCS1. The third kappa shape index (κ3) is 2.28. The molecule has 0 fully saturated rings. The van der Waals surface area contributed by atoms with Gasteiger partial charge in [0.05, 0.1) is 17.8 Å². The van der Waals surface area contributed by atoms with Gasteiger partial charge < -0.3 is 0 Å². The lowest BCUT2D eigenvalue weighted by atomic mass is 10.2. The number of fused-ring (bicyclic) bond motifs is 1. The third-order valence-electron chi connectivity index (χ3n) is 2.50. The molecule has 5 nitrogen and oxygen atoms in total. The molecule has 1 aromatic heterocycles. The second-order valence-electron chi connectivity index (χ2n) is 3.68. The Balaban J connectivity index is 1.88. The van der Waals surface area contributed by atoms with Gasteiger partial charge in [0.25, 0.3) is 5.56 Å². The van der Waals surface area contributed by atoms with E-state index in [4.69, 9.17) is 0 Å². The summed E-state index contributed by atoms with van der Waals surface area (Å²) in [5.41, 5.74) is 0.535. The predicted molar refractivity (Wildman–Crippen MR) is 76.1 cm³/mol. The van der Waals surface area contributed by atoms with E-state index < -0.39 is 0 Å². The molecule has 0 N–H and O–H groups in total. The number of thioether (sulfide) groups is 2. The summed E-state index contributed by atoms with van der Waals surface area (Å²) in [7, 11) is 0. The standard InChI is InChI=1S/C11H10N4OS2/c16-10-8-3-1-2-4-9(8)13-14-15(10)7-18-11-12-5-6-17-11/h1-4H,5-7H2. The lowest BCUT2D eigenvalue weighted by Gasteiger charge is -2.03. The van der Waals surface area contributed by atoms with Crippen LogP contribution in [0.25, 0.3) is 10.9 Å². The number of nitrogens with zero attached hydrogens (tertiary/aromatic N) is 4. The van der Waals surface area contributed by atoms with Crippen LogP contribution in [0.2, 0.25) is 0 Å². The number of hydrogen-bond donors (Lipinski definition) is 0. The van der Waals surface area contributed by atoms with Gasteiger partial charge in [0, 0.05) is 5.75 Å². The molecule has 1 aliphatic heterocycles. The van der Waals surface area contributed by atoms with Gasteiger partial charge >= 0.3 is 0 Å². The van der Waals surface area contributed by atoms with Crippen LogP contribution in [-0.2, 0) is 5.88 Å². The van der Waals surface area contributed by atoms with Crippen LogP contribution in [0, 0.1) is 0 Å². The van der Waals surface area contributed by atoms with E-state index in [1.165, 1.54) is 16.4 Å². The van der Waals surface area contributed by atoms with Crippen LogP contribution in [0.4, 0.5) is 0 Å². The highest BCUT2D eigenvalue weighted by molar-refractivity contribution is 8.38. The van der Waals surface area contributed by atoms with Gasteiger partial charge in [0.2, 0.25) is 0 Å². The third-order valence-corrected chi connectivity index (χ3v) is 4.72.